The van der Waals surface area contributed by atoms with Crippen LogP contribution in [0.1, 0.15) is 20.3 Å². The van der Waals surface area contributed by atoms with Gasteiger partial charge in [0, 0.05) is 12.7 Å². The lowest BCUT2D eigenvalue weighted by Crippen LogP contribution is -2.25. The zero-order chi connectivity index (χ0) is 9.90. The van der Waals surface area contributed by atoms with Crippen molar-refractivity contribution in [1.29, 1.82) is 0 Å². The molecule has 0 bridgehead atoms. The molecule has 0 saturated heterocycles. The van der Waals surface area contributed by atoms with Gasteiger partial charge in [-0.2, -0.15) is 5.10 Å². The van der Waals surface area contributed by atoms with Crippen molar-refractivity contribution in [1.82, 2.24) is 9.78 Å². The van der Waals surface area contributed by atoms with Gasteiger partial charge in [0.15, 0.2) is 0 Å². The standard InChI is InChI=1S/C9H16BrN3/c1-9(2,7-11)3-4-13-6-8(10)5-12-13/h5-6H,3-4,7,11H2,1-2H3. The molecule has 0 aliphatic carbocycles. The Balaban J connectivity index is 2.43. The van der Waals surface area contributed by atoms with Crippen LogP contribution in [-0.4, -0.2) is 16.3 Å². The highest BCUT2D eigenvalue weighted by Gasteiger charge is 2.15. The summed E-state index contributed by atoms with van der Waals surface area (Å²) in [5, 5.41) is 4.18. The van der Waals surface area contributed by atoms with E-state index in [4.69, 9.17) is 5.73 Å². The van der Waals surface area contributed by atoms with E-state index >= 15 is 0 Å². The summed E-state index contributed by atoms with van der Waals surface area (Å²) in [4.78, 5) is 0. The van der Waals surface area contributed by atoms with Crippen molar-refractivity contribution >= 4 is 15.9 Å². The van der Waals surface area contributed by atoms with E-state index in [9.17, 15) is 0 Å². The van der Waals surface area contributed by atoms with E-state index in [0.29, 0.717) is 0 Å². The molecule has 1 aromatic rings. The summed E-state index contributed by atoms with van der Waals surface area (Å²) in [5.74, 6) is 0. The van der Waals surface area contributed by atoms with E-state index in [1.54, 1.807) is 6.20 Å². The van der Waals surface area contributed by atoms with E-state index in [-0.39, 0.29) is 5.41 Å². The molecule has 0 saturated carbocycles. The first kappa shape index (κ1) is 10.7. The molecule has 74 valence electrons. The third-order valence-electron chi connectivity index (χ3n) is 2.17. The molecule has 0 aliphatic rings. The Hall–Kier alpha value is -0.350. The van der Waals surface area contributed by atoms with E-state index in [0.717, 1.165) is 24.0 Å². The van der Waals surface area contributed by atoms with Crippen LogP contribution in [-0.2, 0) is 6.54 Å². The molecule has 0 radical (unpaired) electrons. The van der Waals surface area contributed by atoms with Crippen LogP contribution in [0.15, 0.2) is 16.9 Å². The number of halogens is 1. The van der Waals surface area contributed by atoms with Crippen LogP contribution < -0.4 is 5.73 Å². The second kappa shape index (κ2) is 4.24. The zero-order valence-corrected chi connectivity index (χ0v) is 9.71. The number of aryl methyl sites for hydroxylation is 1. The molecule has 1 heterocycles. The van der Waals surface area contributed by atoms with E-state index in [1.165, 1.54) is 0 Å². The SMILES string of the molecule is CC(C)(CN)CCn1cc(Br)cn1. The number of aromatic nitrogens is 2. The lowest BCUT2D eigenvalue weighted by atomic mass is 9.90. The molecule has 0 aliphatic heterocycles. The third-order valence-corrected chi connectivity index (χ3v) is 2.58. The van der Waals surface area contributed by atoms with E-state index < -0.39 is 0 Å². The minimum atomic E-state index is 0.207. The Labute approximate surface area is 87.4 Å². The molecule has 0 amide bonds. The number of hydrogen-bond acceptors (Lipinski definition) is 2. The Bertz CT molecular complexity index is 268. The van der Waals surface area contributed by atoms with Crippen molar-refractivity contribution in [2.75, 3.05) is 6.54 Å². The first-order valence-corrected chi connectivity index (χ1v) is 5.21. The second-order valence-corrected chi connectivity index (χ2v) is 4.96. The van der Waals surface area contributed by atoms with Gasteiger partial charge in [0.05, 0.1) is 10.7 Å². The predicted molar refractivity (Wildman–Crippen MR) is 57.4 cm³/mol. The summed E-state index contributed by atoms with van der Waals surface area (Å²) < 4.78 is 2.96. The molecule has 1 rings (SSSR count). The molecule has 0 atom stereocenters. The molecule has 13 heavy (non-hydrogen) atoms. The maximum Gasteiger partial charge on any atom is 0.0632 e. The summed E-state index contributed by atoms with van der Waals surface area (Å²) in [7, 11) is 0. The minimum Gasteiger partial charge on any atom is -0.330 e. The highest BCUT2D eigenvalue weighted by atomic mass is 79.9. The normalized spacial score (nSPS) is 12.0. The van der Waals surface area contributed by atoms with Gasteiger partial charge in [-0.15, -0.1) is 0 Å². The first-order valence-electron chi connectivity index (χ1n) is 4.41. The second-order valence-electron chi connectivity index (χ2n) is 4.04. The molecule has 0 spiro atoms. The fourth-order valence-electron chi connectivity index (χ4n) is 0.980. The van der Waals surface area contributed by atoms with Gasteiger partial charge in [-0.25, -0.2) is 0 Å². The maximum atomic E-state index is 5.64. The Morgan fingerprint density at radius 2 is 2.31 bits per heavy atom. The van der Waals surface area contributed by atoms with E-state index in [1.807, 2.05) is 10.9 Å². The average molecular weight is 246 g/mol. The first-order chi connectivity index (χ1) is 6.03. The van der Waals surface area contributed by atoms with Crippen molar-refractivity contribution < 1.29 is 0 Å². The summed E-state index contributed by atoms with van der Waals surface area (Å²) in [5.41, 5.74) is 5.84. The number of rotatable bonds is 4. The smallest absolute Gasteiger partial charge is 0.0632 e. The summed E-state index contributed by atoms with van der Waals surface area (Å²) >= 11 is 3.36. The summed E-state index contributed by atoms with van der Waals surface area (Å²) in [6.45, 7) is 5.99. The van der Waals surface area contributed by atoms with Gasteiger partial charge in [0.1, 0.15) is 0 Å². The van der Waals surface area contributed by atoms with Gasteiger partial charge in [-0.1, -0.05) is 13.8 Å². The van der Waals surface area contributed by atoms with Crippen LogP contribution in [0.4, 0.5) is 0 Å². The molecular formula is C9H16BrN3. The van der Waals surface area contributed by atoms with Crippen LogP contribution >= 0.6 is 15.9 Å². The van der Waals surface area contributed by atoms with Crippen molar-refractivity contribution in [3.05, 3.63) is 16.9 Å². The van der Waals surface area contributed by atoms with Crippen LogP contribution in [0.25, 0.3) is 0 Å². The van der Waals surface area contributed by atoms with Gasteiger partial charge in [-0.3, -0.25) is 4.68 Å². The molecular weight excluding hydrogens is 230 g/mol. The predicted octanol–water partition coefficient (Wildman–Crippen LogP) is 2.02. The molecule has 0 fully saturated rings. The molecule has 3 nitrogen and oxygen atoms in total. The zero-order valence-electron chi connectivity index (χ0n) is 8.13. The largest absolute Gasteiger partial charge is 0.330 e. The molecule has 2 N–H and O–H groups in total. The Kier molecular flexibility index (Phi) is 3.50. The molecule has 0 aromatic carbocycles. The van der Waals surface area contributed by atoms with Crippen LogP contribution in [0.2, 0.25) is 0 Å². The maximum absolute atomic E-state index is 5.64. The molecule has 1 aromatic heterocycles. The lowest BCUT2D eigenvalue weighted by molar-refractivity contribution is 0.317. The van der Waals surface area contributed by atoms with Gasteiger partial charge < -0.3 is 5.73 Å². The lowest BCUT2D eigenvalue weighted by Gasteiger charge is -2.21. The molecule has 0 unspecified atom stereocenters. The number of hydrogen-bond donors (Lipinski definition) is 1. The topological polar surface area (TPSA) is 43.8 Å². The van der Waals surface area contributed by atoms with Gasteiger partial charge in [0.2, 0.25) is 0 Å². The van der Waals surface area contributed by atoms with Crippen molar-refractivity contribution in [3.63, 3.8) is 0 Å². The summed E-state index contributed by atoms with van der Waals surface area (Å²) in [6.07, 6.45) is 4.83. The minimum absolute atomic E-state index is 0.207. The van der Waals surface area contributed by atoms with Crippen molar-refractivity contribution in [2.45, 2.75) is 26.8 Å². The van der Waals surface area contributed by atoms with Crippen LogP contribution in [0.3, 0.4) is 0 Å². The van der Waals surface area contributed by atoms with Gasteiger partial charge >= 0.3 is 0 Å². The van der Waals surface area contributed by atoms with Crippen LogP contribution in [0.5, 0.6) is 0 Å². The highest BCUT2D eigenvalue weighted by Crippen LogP contribution is 2.19. The monoisotopic (exact) mass is 245 g/mol. The quantitative estimate of drug-likeness (QED) is 0.883. The van der Waals surface area contributed by atoms with Gasteiger partial charge in [0.25, 0.3) is 0 Å². The van der Waals surface area contributed by atoms with Crippen molar-refractivity contribution in [2.24, 2.45) is 11.1 Å². The fraction of sp³-hybridized carbons (Fsp3) is 0.667. The Morgan fingerprint density at radius 3 is 2.77 bits per heavy atom. The van der Waals surface area contributed by atoms with Crippen molar-refractivity contribution in [3.8, 4) is 0 Å². The van der Waals surface area contributed by atoms with Crippen LogP contribution in [0, 0.1) is 5.41 Å². The Morgan fingerprint density at radius 1 is 1.62 bits per heavy atom. The van der Waals surface area contributed by atoms with E-state index in [2.05, 4.69) is 34.9 Å². The third kappa shape index (κ3) is 3.48. The highest BCUT2D eigenvalue weighted by molar-refractivity contribution is 9.10. The summed E-state index contributed by atoms with van der Waals surface area (Å²) in [6, 6.07) is 0. The average Bonchev–Trinajstić information content (AvgIpc) is 2.48. The number of nitrogens with two attached hydrogens (primary N) is 1. The number of nitrogens with zero attached hydrogens (tertiary/aromatic N) is 2. The molecule has 4 heteroatoms. The van der Waals surface area contributed by atoms with Gasteiger partial charge in [-0.05, 0) is 34.3 Å². The fourth-order valence-corrected chi connectivity index (χ4v) is 1.31.